The first-order chi connectivity index (χ1) is 7.39. The van der Waals surface area contributed by atoms with E-state index in [1.807, 2.05) is 6.92 Å². The Kier molecular flexibility index (Phi) is 5.00. The van der Waals surface area contributed by atoms with Crippen molar-refractivity contribution in [2.75, 3.05) is 7.11 Å². The van der Waals surface area contributed by atoms with Crippen LogP contribution in [-0.2, 0) is 9.53 Å². The van der Waals surface area contributed by atoms with E-state index in [0.717, 1.165) is 25.7 Å². The van der Waals surface area contributed by atoms with Gasteiger partial charge in [-0.25, -0.2) is 0 Å². The molecule has 2 atom stereocenters. The molecule has 0 aromatic rings. The topological polar surface area (TPSA) is 72.5 Å². The summed E-state index contributed by atoms with van der Waals surface area (Å²) in [6.07, 6.45) is 4.35. The molecular weight excluding hydrogens is 321 g/mol. The Balaban J connectivity index is 2.60. The molecule has 4 nitrogen and oxygen atoms in total. The molecule has 0 bridgehead atoms. The lowest BCUT2D eigenvalue weighted by Gasteiger charge is -2.39. The molecule has 1 fully saturated rings. The lowest BCUT2D eigenvalue weighted by Crippen LogP contribution is -2.52. The Morgan fingerprint density at radius 2 is 2.00 bits per heavy atom. The molecule has 2 unspecified atom stereocenters. The van der Waals surface area contributed by atoms with E-state index in [0.29, 0.717) is 12.0 Å². The van der Waals surface area contributed by atoms with E-state index in [2.05, 4.69) is 22.6 Å². The van der Waals surface area contributed by atoms with Crippen LogP contribution in [0.2, 0.25) is 0 Å². The van der Waals surface area contributed by atoms with Crippen molar-refractivity contribution in [3.05, 3.63) is 0 Å². The highest BCUT2D eigenvalue weighted by Crippen LogP contribution is 2.40. The van der Waals surface area contributed by atoms with Gasteiger partial charge in [0.25, 0.3) is 0 Å². The van der Waals surface area contributed by atoms with E-state index < -0.39 is 12.0 Å². The Labute approximate surface area is 110 Å². The average molecular weight is 341 g/mol. The molecule has 0 spiro atoms. The fourth-order valence-corrected chi connectivity index (χ4v) is 3.25. The third-order valence-corrected chi connectivity index (χ3v) is 5.23. The summed E-state index contributed by atoms with van der Waals surface area (Å²) in [6, 6.07) is -0.794. The summed E-state index contributed by atoms with van der Waals surface area (Å²) in [5, 5.41) is 8.99. The van der Waals surface area contributed by atoms with Crippen LogP contribution >= 0.6 is 22.6 Å². The second kappa shape index (κ2) is 5.64. The average Bonchev–Trinajstić information content (AvgIpc) is 2.28. The molecule has 1 aliphatic rings. The van der Waals surface area contributed by atoms with Gasteiger partial charge in [0, 0.05) is 10.5 Å². The van der Waals surface area contributed by atoms with Gasteiger partial charge in [0.15, 0.2) is 0 Å². The highest BCUT2D eigenvalue weighted by molar-refractivity contribution is 14.1. The predicted molar refractivity (Wildman–Crippen MR) is 70.8 cm³/mol. The van der Waals surface area contributed by atoms with Gasteiger partial charge in [0.05, 0.1) is 6.10 Å². The second-order valence-corrected chi connectivity index (χ2v) is 7.00. The number of nitrogens with two attached hydrogens (primary N) is 1. The number of carbonyl (C=O) groups is 1. The van der Waals surface area contributed by atoms with Crippen LogP contribution in [0.3, 0.4) is 0 Å². The molecule has 0 aromatic heterocycles. The van der Waals surface area contributed by atoms with Crippen LogP contribution in [0.4, 0.5) is 0 Å². The lowest BCUT2D eigenvalue weighted by atomic mass is 9.77. The van der Waals surface area contributed by atoms with Crippen LogP contribution in [-0.4, -0.2) is 33.8 Å². The van der Waals surface area contributed by atoms with Gasteiger partial charge in [-0.15, -0.1) is 0 Å². The van der Waals surface area contributed by atoms with Crippen molar-refractivity contribution >= 4 is 28.6 Å². The Morgan fingerprint density at radius 3 is 2.38 bits per heavy atom. The van der Waals surface area contributed by atoms with Crippen LogP contribution in [0, 0.1) is 5.92 Å². The van der Waals surface area contributed by atoms with Gasteiger partial charge in [0.1, 0.15) is 6.04 Å². The maximum atomic E-state index is 11.0. The van der Waals surface area contributed by atoms with Gasteiger partial charge in [-0.1, -0.05) is 22.6 Å². The summed E-state index contributed by atoms with van der Waals surface area (Å²) in [7, 11) is 1.73. The van der Waals surface area contributed by atoms with E-state index in [4.69, 9.17) is 15.6 Å². The molecule has 94 valence electrons. The first-order valence-corrected chi connectivity index (χ1v) is 6.67. The molecule has 0 amide bonds. The molecule has 3 N–H and O–H groups in total. The van der Waals surface area contributed by atoms with E-state index in [-0.39, 0.29) is 3.42 Å². The summed E-state index contributed by atoms with van der Waals surface area (Å²) >= 11 is 2.21. The highest BCUT2D eigenvalue weighted by Gasteiger charge is 2.42. The third kappa shape index (κ3) is 3.07. The Morgan fingerprint density at radius 1 is 1.50 bits per heavy atom. The van der Waals surface area contributed by atoms with Crippen LogP contribution in [0.25, 0.3) is 0 Å². The first-order valence-electron chi connectivity index (χ1n) is 5.59. The Bertz CT molecular complexity index is 250. The fourth-order valence-electron chi connectivity index (χ4n) is 2.36. The summed E-state index contributed by atoms with van der Waals surface area (Å²) in [6.45, 7) is 1.95. The van der Waals surface area contributed by atoms with Crippen LogP contribution in [0.5, 0.6) is 0 Å². The minimum atomic E-state index is -0.911. The molecule has 0 heterocycles. The minimum absolute atomic E-state index is 0.338. The first kappa shape index (κ1) is 14.2. The highest BCUT2D eigenvalue weighted by atomic mass is 127. The van der Waals surface area contributed by atoms with Gasteiger partial charge in [-0.3, -0.25) is 4.79 Å². The van der Waals surface area contributed by atoms with Crippen LogP contribution in [0.15, 0.2) is 0 Å². The van der Waals surface area contributed by atoms with Crippen molar-refractivity contribution in [2.24, 2.45) is 11.7 Å². The van der Waals surface area contributed by atoms with Gasteiger partial charge in [0.2, 0.25) is 0 Å². The summed E-state index contributed by atoms with van der Waals surface area (Å²) in [5.41, 5.74) is 5.75. The number of aliphatic carboxylic acids is 1. The van der Waals surface area contributed by atoms with Crippen molar-refractivity contribution in [1.29, 1.82) is 0 Å². The lowest BCUT2D eigenvalue weighted by molar-refractivity contribution is -0.139. The number of carboxylic acid groups (broad SMARTS) is 1. The number of hydrogen-bond donors (Lipinski definition) is 2. The number of hydrogen-bond acceptors (Lipinski definition) is 3. The quantitative estimate of drug-likeness (QED) is 0.604. The molecular formula is C11H20INO3. The largest absolute Gasteiger partial charge is 0.480 e. The minimum Gasteiger partial charge on any atom is -0.480 e. The zero-order valence-corrected chi connectivity index (χ0v) is 11.9. The summed E-state index contributed by atoms with van der Waals surface area (Å²) in [4.78, 5) is 11.0. The second-order valence-electron chi connectivity index (χ2n) is 4.68. The maximum Gasteiger partial charge on any atom is 0.321 e. The number of methoxy groups -OCH3 is 1. The van der Waals surface area contributed by atoms with Crippen molar-refractivity contribution < 1.29 is 14.6 Å². The van der Waals surface area contributed by atoms with Crippen LogP contribution in [0.1, 0.15) is 32.6 Å². The van der Waals surface area contributed by atoms with Gasteiger partial charge in [-0.2, -0.15) is 0 Å². The van der Waals surface area contributed by atoms with E-state index in [9.17, 15) is 4.79 Å². The smallest absolute Gasteiger partial charge is 0.321 e. The van der Waals surface area contributed by atoms with E-state index in [1.54, 1.807) is 7.11 Å². The standard InChI is InChI=1S/C11H20INO3/c1-11(12,9(13)10(14)15)7-3-5-8(16-2)6-4-7/h7-9H,3-6,13H2,1-2H3,(H,14,15). The van der Waals surface area contributed by atoms with Crippen molar-refractivity contribution in [2.45, 2.75) is 48.2 Å². The summed E-state index contributed by atoms with van der Waals surface area (Å²) < 4.78 is 4.94. The normalized spacial score (nSPS) is 31.8. The third-order valence-electron chi connectivity index (χ3n) is 3.68. The molecule has 0 saturated heterocycles. The monoisotopic (exact) mass is 341 g/mol. The fraction of sp³-hybridized carbons (Fsp3) is 0.909. The summed E-state index contributed by atoms with van der Waals surface area (Å²) in [5.74, 6) is -0.545. The molecule has 1 rings (SSSR count). The number of ether oxygens (including phenoxy) is 1. The van der Waals surface area contributed by atoms with Crippen LogP contribution < -0.4 is 5.73 Å². The van der Waals surface area contributed by atoms with E-state index in [1.165, 1.54) is 0 Å². The molecule has 5 heteroatoms. The number of rotatable bonds is 4. The van der Waals surface area contributed by atoms with Gasteiger partial charge >= 0.3 is 5.97 Å². The van der Waals surface area contributed by atoms with Crippen molar-refractivity contribution in [3.8, 4) is 0 Å². The van der Waals surface area contributed by atoms with Gasteiger partial charge < -0.3 is 15.6 Å². The number of alkyl halides is 1. The predicted octanol–water partition coefficient (Wildman–Crippen LogP) is 1.80. The molecule has 0 aromatic carbocycles. The molecule has 16 heavy (non-hydrogen) atoms. The van der Waals surface area contributed by atoms with E-state index >= 15 is 0 Å². The number of halogens is 1. The number of carboxylic acids is 1. The Hall–Kier alpha value is 0.120. The molecule has 1 saturated carbocycles. The maximum absolute atomic E-state index is 11.0. The molecule has 0 radical (unpaired) electrons. The van der Waals surface area contributed by atoms with Crippen molar-refractivity contribution in [3.63, 3.8) is 0 Å². The van der Waals surface area contributed by atoms with Crippen molar-refractivity contribution in [1.82, 2.24) is 0 Å². The zero-order chi connectivity index (χ0) is 12.3. The SMILES string of the molecule is COC1CCC(C(C)(I)C(N)C(=O)O)CC1. The zero-order valence-electron chi connectivity index (χ0n) is 9.78. The van der Waals surface area contributed by atoms with Gasteiger partial charge in [-0.05, 0) is 38.5 Å². The molecule has 0 aliphatic heterocycles. The molecule has 1 aliphatic carbocycles.